The van der Waals surface area contributed by atoms with Crippen LogP contribution in [-0.2, 0) is 4.74 Å². The molecule has 1 fully saturated rings. The maximum atomic E-state index is 12.1. The molecule has 130 valence electrons. The van der Waals surface area contributed by atoms with Gasteiger partial charge in [0.25, 0.3) is 0 Å². The molecule has 1 saturated heterocycles. The molecule has 1 aliphatic rings. The summed E-state index contributed by atoms with van der Waals surface area (Å²) < 4.78 is 5.43. The van der Waals surface area contributed by atoms with E-state index in [-0.39, 0.29) is 6.09 Å². The molecule has 0 N–H and O–H groups in total. The van der Waals surface area contributed by atoms with Crippen LogP contribution in [0.3, 0.4) is 0 Å². The van der Waals surface area contributed by atoms with Gasteiger partial charge in [0.15, 0.2) is 0 Å². The summed E-state index contributed by atoms with van der Waals surface area (Å²) >= 11 is 0. The number of nitrogens with zero attached hydrogens (tertiary/aromatic N) is 2. The van der Waals surface area contributed by atoms with Gasteiger partial charge in [0.05, 0.1) is 0 Å². The quantitative estimate of drug-likeness (QED) is 0.795. The number of allylic oxidation sites excluding steroid dienone is 1. The smallest absolute Gasteiger partial charge is 0.410 e. The fourth-order valence-corrected chi connectivity index (χ4v) is 2.70. The van der Waals surface area contributed by atoms with Gasteiger partial charge in [-0.1, -0.05) is 6.58 Å². The largest absolute Gasteiger partial charge is 0.444 e. The van der Waals surface area contributed by atoms with Crippen molar-refractivity contribution in [3.8, 4) is 0 Å². The molecular formula is C19H26N2O3. The molecule has 0 saturated carbocycles. The van der Waals surface area contributed by atoms with Gasteiger partial charge >= 0.3 is 6.09 Å². The van der Waals surface area contributed by atoms with E-state index in [1.807, 2.05) is 45.9 Å². The molecule has 0 radical (unpaired) electrons. The summed E-state index contributed by atoms with van der Waals surface area (Å²) in [5.74, 6) is 0. The zero-order chi connectivity index (χ0) is 17.9. The van der Waals surface area contributed by atoms with E-state index in [2.05, 4.69) is 11.5 Å². The lowest BCUT2D eigenvalue weighted by atomic mass is 10.0. The Morgan fingerprint density at radius 2 is 1.83 bits per heavy atom. The van der Waals surface area contributed by atoms with Crippen LogP contribution in [-0.4, -0.2) is 49.1 Å². The number of ether oxygens (including phenoxy) is 1. The van der Waals surface area contributed by atoms with Crippen LogP contribution in [0.25, 0.3) is 5.57 Å². The Morgan fingerprint density at radius 3 is 2.33 bits per heavy atom. The highest BCUT2D eigenvalue weighted by atomic mass is 16.6. The standard InChI is InChI=1S/C19H26N2O3/c1-14(2)16-12-15(13-22)6-7-17(16)20-8-10-21(11-9-20)18(23)24-19(3,4)5/h6-7,12-13H,1,8-11H2,2-5H3. The van der Waals surface area contributed by atoms with Crippen LogP contribution < -0.4 is 4.90 Å². The molecule has 0 spiro atoms. The molecule has 1 aromatic carbocycles. The van der Waals surface area contributed by atoms with Gasteiger partial charge in [-0.2, -0.15) is 0 Å². The van der Waals surface area contributed by atoms with E-state index >= 15 is 0 Å². The van der Waals surface area contributed by atoms with Gasteiger partial charge in [0, 0.05) is 43.0 Å². The molecule has 24 heavy (non-hydrogen) atoms. The lowest BCUT2D eigenvalue weighted by Crippen LogP contribution is -2.50. The van der Waals surface area contributed by atoms with Crippen LogP contribution in [0.5, 0.6) is 0 Å². The number of piperazine rings is 1. The number of rotatable bonds is 3. The molecule has 0 aliphatic carbocycles. The van der Waals surface area contributed by atoms with Crippen molar-refractivity contribution >= 4 is 23.6 Å². The van der Waals surface area contributed by atoms with Crippen LogP contribution in [0.2, 0.25) is 0 Å². The van der Waals surface area contributed by atoms with Gasteiger partial charge in [-0.3, -0.25) is 4.79 Å². The zero-order valence-electron chi connectivity index (χ0n) is 15.0. The minimum Gasteiger partial charge on any atom is -0.444 e. The molecule has 1 heterocycles. The molecule has 0 bridgehead atoms. The van der Waals surface area contributed by atoms with Crippen LogP contribution in [0.1, 0.15) is 43.6 Å². The second kappa shape index (κ2) is 7.07. The van der Waals surface area contributed by atoms with Crippen molar-refractivity contribution in [1.29, 1.82) is 0 Å². The highest BCUT2D eigenvalue weighted by Gasteiger charge is 2.26. The average Bonchev–Trinajstić information content (AvgIpc) is 2.52. The van der Waals surface area contributed by atoms with Gasteiger partial charge in [-0.15, -0.1) is 0 Å². The molecule has 5 nitrogen and oxygen atoms in total. The number of hydrogen-bond acceptors (Lipinski definition) is 4. The van der Waals surface area contributed by atoms with Crippen LogP contribution in [0, 0.1) is 0 Å². The number of amides is 1. The number of hydrogen-bond donors (Lipinski definition) is 0. The fraction of sp³-hybridized carbons (Fsp3) is 0.474. The summed E-state index contributed by atoms with van der Waals surface area (Å²) in [5.41, 5.74) is 3.11. The van der Waals surface area contributed by atoms with E-state index in [4.69, 9.17) is 4.74 Å². The minimum atomic E-state index is -0.480. The fourth-order valence-electron chi connectivity index (χ4n) is 2.70. The SMILES string of the molecule is C=C(C)c1cc(C=O)ccc1N1CCN(C(=O)OC(C)(C)C)CC1. The molecule has 0 aromatic heterocycles. The highest BCUT2D eigenvalue weighted by Crippen LogP contribution is 2.28. The van der Waals surface area contributed by atoms with Crippen molar-refractivity contribution in [1.82, 2.24) is 4.90 Å². The van der Waals surface area contributed by atoms with Gasteiger partial charge < -0.3 is 14.5 Å². The zero-order valence-corrected chi connectivity index (χ0v) is 15.0. The number of carbonyl (C=O) groups is 2. The molecule has 0 atom stereocenters. The highest BCUT2D eigenvalue weighted by molar-refractivity contribution is 5.83. The third kappa shape index (κ3) is 4.37. The van der Waals surface area contributed by atoms with E-state index in [1.165, 1.54) is 0 Å². The summed E-state index contributed by atoms with van der Waals surface area (Å²) in [4.78, 5) is 27.1. The van der Waals surface area contributed by atoms with E-state index in [0.717, 1.165) is 36.2 Å². The van der Waals surface area contributed by atoms with Crippen molar-refractivity contribution in [3.05, 3.63) is 35.9 Å². The first-order valence-electron chi connectivity index (χ1n) is 8.19. The summed E-state index contributed by atoms with van der Waals surface area (Å²) in [7, 11) is 0. The minimum absolute atomic E-state index is 0.265. The monoisotopic (exact) mass is 330 g/mol. The van der Waals surface area contributed by atoms with E-state index in [1.54, 1.807) is 4.90 Å². The summed E-state index contributed by atoms with van der Waals surface area (Å²) in [5, 5.41) is 0. The first kappa shape index (κ1) is 18.0. The van der Waals surface area contributed by atoms with E-state index in [9.17, 15) is 9.59 Å². The molecule has 5 heteroatoms. The van der Waals surface area contributed by atoms with Gasteiger partial charge in [0.2, 0.25) is 0 Å². The Hall–Kier alpha value is -2.30. The predicted molar refractivity (Wildman–Crippen MR) is 96.6 cm³/mol. The molecule has 1 amide bonds. The predicted octanol–water partition coefficient (Wildman–Crippen LogP) is 3.59. The Morgan fingerprint density at radius 1 is 1.21 bits per heavy atom. The Labute approximate surface area is 143 Å². The van der Waals surface area contributed by atoms with Crippen LogP contribution in [0.4, 0.5) is 10.5 Å². The van der Waals surface area contributed by atoms with Crippen molar-refractivity contribution in [2.24, 2.45) is 0 Å². The number of aldehydes is 1. The number of benzene rings is 1. The van der Waals surface area contributed by atoms with Crippen LogP contribution >= 0.6 is 0 Å². The Kier molecular flexibility index (Phi) is 5.32. The molecule has 2 rings (SSSR count). The van der Waals surface area contributed by atoms with Crippen molar-refractivity contribution in [2.45, 2.75) is 33.3 Å². The second-order valence-corrected chi connectivity index (χ2v) is 7.13. The van der Waals surface area contributed by atoms with Crippen molar-refractivity contribution in [2.75, 3.05) is 31.1 Å². The third-order valence-corrected chi connectivity index (χ3v) is 3.89. The number of carbonyl (C=O) groups excluding carboxylic acids is 2. The molecule has 0 unspecified atom stereocenters. The Balaban J connectivity index is 2.08. The lowest BCUT2D eigenvalue weighted by Gasteiger charge is -2.37. The lowest BCUT2D eigenvalue weighted by molar-refractivity contribution is 0.0240. The van der Waals surface area contributed by atoms with Gasteiger partial charge in [-0.05, 0) is 51.5 Å². The van der Waals surface area contributed by atoms with E-state index < -0.39 is 5.60 Å². The summed E-state index contributed by atoms with van der Waals surface area (Å²) in [6.07, 6.45) is 0.579. The van der Waals surface area contributed by atoms with E-state index in [0.29, 0.717) is 18.7 Å². The normalized spacial score (nSPS) is 15.2. The van der Waals surface area contributed by atoms with Crippen molar-refractivity contribution < 1.29 is 14.3 Å². The summed E-state index contributed by atoms with van der Waals surface area (Å²) in [6.45, 7) is 14.2. The summed E-state index contributed by atoms with van der Waals surface area (Å²) in [6, 6.07) is 5.64. The topological polar surface area (TPSA) is 49.9 Å². The maximum absolute atomic E-state index is 12.1. The first-order valence-corrected chi connectivity index (χ1v) is 8.19. The molecular weight excluding hydrogens is 304 g/mol. The third-order valence-electron chi connectivity index (χ3n) is 3.89. The van der Waals surface area contributed by atoms with Crippen molar-refractivity contribution in [3.63, 3.8) is 0 Å². The average molecular weight is 330 g/mol. The second-order valence-electron chi connectivity index (χ2n) is 7.13. The van der Waals surface area contributed by atoms with Gasteiger partial charge in [0.1, 0.15) is 11.9 Å². The molecule has 1 aliphatic heterocycles. The van der Waals surface area contributed by atoms with Gasteiger partial charge in [-0.25, -0.2) is 4.79 Å². The number of anilines is 1. The maximum Gasteiger partial charge on any atom is 0.410 e. The first-order chi connectivity index (χ1) is 11.2. The Bertz CT molecular complexity index is 639. The van der Waals surface area contributed by atoms with Crippen LogP contribution in [0.15, 0.2) is 24.8 Å². The molecule has 1 aromatic rings.